The molecule has 0 aromatic carbocycles. The van der Waals surface area contributed by atoms with Gasteiger partial charge < -0.3 is 9.47 Å². The lowest BCUT2D eigenvalue weighted by atomic mass is 9.90. The fraction of sp³-hybridized carbons (Fsp3) is 0.933. The summed E-state index contributed by atoms with van der Waals surface area (Å²) in [6, 6.07) is 0. The van der Waals surface area contributed by atoms with Crippen molar-refractivity contribution in [2.24, 2.45) is 23.7 Å². The quantitative estimate of drug-likeness (QED) is 0.108. The van der Waals surface area contributed by atoms with Gasteiger partial charge >= 0.3 is 11.9 Å². The van der Waals surface area contributed by atoms with Crippen LogP contribution in [-0.2, 0) is 19.1 Å². The van der Waals surface area contributed by atoms with E-state index >= 15 is 0 Å². The lowest BCUT2D eigenvalue weighted by molar-refractivity contribution is -0.151. The smallest absolute Gasteiger partial charge is 0.309 e. The van der Waals surface area contributed by atoms with E-state index in [1.54, 1.807) is 0 Å². The molecule has 0 amide bonds. The van der Waals surface area contributed by atoms with Crippen LogP contribution in [-0.4, -0.2) is 25.2 Å². The molecular formula is C30H58O4. The Kier molecular flexibility index (Phi) is 21.7. The Balaban J connectivity index is 3.44. The fourth-order valence-electron chi connectivity index (χ4n) is 4.17. The van der Waals surface area contributed by atoms with Crippen molar-refractivity contribution in [1.82, 2.24) is 0 Å². The number of hydrogen-bond donors (Lipinski definition) is 0. The van der Waals surface area contributed by atoms with Gasteiger partial charge in [-0.05, 0) is 30.6 Å². The highest BCUT2D eigenvalue weighted by molar-refractivity contribution is 5.72. The molecule has 0 aliphatic rings. The summed E-state index contributed by atoms with van der Waals surface area (Å²) in [5.74, 6) is 1.22. The van der Waals surface area contributed by atoms with Crippen LogP contribution in [0.4, 0.5) is 0 Å². The van der Waals surface area contributed by atoms with Crippen LogP contribution in [0, 0.1) is 23.7 Å². The van der Waals surface area contributed by atoms with Crippen molar-refractivity contribution in [2.75, 3.05) is 13.2 Å². The van der Waals surface area contributed by atoms with Crippen LogP contribution in [0.5, 0.6) is 0 Å². The van der Waals surface area contributed by atoms with Crippen LogP contribution < -0.4 is 0 Å². The maximum atomic E-state index is 12.3. The molecule has 4 heteroatoms. The molecular weight excluding hydrogens is 424 g/mol. The third-order valence-corrected chi connectivity index (χ3v) is 6.39. The SMILES string of the molecule is CC(C)COC(=O)CCCCCCCCCCCCCCCCC(C(=O)OCC(C)C)C(C)C. The van der Waals surface area contributed by atoms with Crippen LogP contribution in [0.1, 0.15) is 144 Å². The number of carbonyl (C=O) groups is 2. The summed E-state index contributed by atoms with van der Waals surface area (Å²) in [5, 5.41) is 0. The molecule has 34 heavy (non-hydrogen) atoms. The van der Waals surface area contributed by atoms with Gasteiger partial charge in [-0.1, -0.05) is 125 Å². The zero-order valence-electron chi connectivity index (χ0n) is 23.7. The highest BCUT2D eigenvalue weighted by Crippen LogP contribution is 2.22. The lowest BCUT2D eigenvalue weighted by Crippen LogP contribution is -2.24. The van der Waals surface area contributed by atoms with Gasteiger partial charge in [0.05, 0.1) is 19.1 Å². The van der Waals surface area contributed by atoms with Gasteiger partial charge in [0.2, 0.25) is 0 Å². The van der Waals surface area contributed by atoms with Crippen molar-refractivity contribution in [3.63, 3.8) is 0 Å². The number of rotatable bonds is 23. The Morgan fingerprint density at radius 1 is 0.529 bits per heavy atom. The van der Waals surface area contributed by atoms with E-state index in [4.69, 9.17) is 9.47 Å². The fourth-order valence-corrected chi connectivity index (χ4v) is 4.17. The minimum atomic E-state index is -0.0322. The number of ether oxygens (including phenoxy) is 2. The van der Waals surface area contributed by atoms with E-state index in [-0.39, 0.29) is 17.9 Å². The number of hydrogen-bond acceptors (Lipinski definition) is 4. The largest absolute Gasteiger partial charge is 0.465 e. The van der Waals surface area contributed by atoms with Crippen molar-refractivity contribution in [3.05, 3.63) is 0 Å². The normalized spacial score (nSPS) is 12.5. The first-order valence-electron chi connectivity index (χ1n) is 14.6. The summed E-state index contributed by atoms with van der Waals surface area (Å²) < 4.78 is 10.7. The van der Waals surface area contributed by atoms with E-state index in [1.807, 2.05) is 0 Å². The molecule has 0 radical (unpaired) electrons. The highest BCUT2D eigenvalue weighted by atomic mass is 16.5. The molecule has 0 saturated carbocycles. The zero-order chi connectivity index (χ0) is 25.6. The Morgan fingerprint density at radius 3 is 1.32 bits per heavy atom. The molecule has 0 spiro atoms. The molecule has 0 aliphatic heterocycles. The van der Waals surface area contributed by atoms with Crippen molar-refractivity contribution in [2.45, 2.75) is 144 Å². The van der Waals surface area contributed by atoms with Gasteiger partial charge in [-0.2, -0.15) is 0 Å². The molecule has 1 atom stereocenters. The van der Waals surface area contributed by atoms with Gasteiger partial charge in [0.25, 0.3) is 0 Å². The minimum Gasteiger partial charge on any atom is -0.465 e. The maximum absolute atomic E-state index is 12.3. The first-order valence-corrected chi connectivity index (χ1v) is 14.6. The van der Waals surface area contributed by atoms with Crippen LogP contribution >= 0.6 is 0 Å². The molecule has 0 aromatic rings. The van der Waals surface area contributed by atoms with Crippen LogP contribution in [0.15, 0.2) is 0 Å². The molecule has 202 valence electrons. The Hall–Kier alpha value is -1.06. The van der Waals surface area contributed by atoms with E-state index in [2.05, 4.69) is 41.5 Å². The lowest BCUT2D eigenvalue weighted by Gasteiger charge is -2.20. The van der Waals surface area contributed by atoms with Gasteiger partial charge in [-0.3, -0.25) is 9.59 Å². The second-order valence-corrected chi connectivity index (χ2v) is 11.4. The topological polar surface area (TPSA) is 52.6 Å². The molecule has 1 unspecified atom stereocenters. The average molecular weight is 483 g/mol. The third kappa shape index (κ3) is 21.5. The van der Waals surface area contributed by atoms with E-state index in [1.165, 1.54) is 70.6 Å². The highest BCUT2D eigenvalue weighted by Gasteiger charge is 2.23. The molecule has 0 saturated heterocycles. The second-order valence-electron chi connectivity index (χ2n) is 11.4. The number of esters is 2. The Labute approximate surface area is 212 Å². The molecule has 4 nitrogen and oxygen atoms in total. The van der Waals surface area contributed by atoms with E-state index in [9.17, 15) is 9.59 Å². The van der Waals surface area contributed by atoms with Gasteiger partial charge in [0.1, 0.15) is 0 Å². The van der Waals surface area contributed by atoms with Gasteiger partial charge in [0, 0.05) is 6.42 Å². The van der Waals surface area contributed by atoms with Crippen LogP contribution in [0.2, 0.25) is 0 Å². The number of carbonyl (C=O) groups excluding carboxylic acids is 2. The second kappa shape index (κ2) is 22.4. The van der Waals surface area contributed by atoms with E-state index in [0.717, 1.165) is 25.7 Å². The maximum Gasteiger partial charge on any atom is 0.309 e. The molecule has 0 rings (SSSR count). The van der Waals surface area contributed by atoms with E-state index < -0.39 is 0 Å². The van der Waals surface area contributed by atoms with Gasteiger partial charge in [-0.25, -0.2) is 0 Å². The predicted molar refractivity (Wildman–Crippen MR) is 144 cm³/mol. The summed E-state index contributed by atoms with van der Waals surface area (Å²) in [6.45, 7) is 13.6. The minimum absolute atomic E-state index is 0.00509. The molecule has 0 bridgehead atoms. The van der Waals surface area contributed by atoms with E-state index in [0.29, 0.717) is 37.4 Å². The number of unbranched alkanes of at least 4 members (excludes halogenated alkanes) is 13. The Bertz CT molecular complexity index is 484. The standard InChI is InChI=1S/C30H58O4/c1-25(2)23-33-29(31)22-20-18-16-14-12-10-8-7-9-11-13-15-17-19-21-28(27(5)6)30(32)34-24-26(3)4/h25-28H,7-24H2,1-6H3. The Morgan fingerprint density at radius 2 is 0.912 bits per heavy atom. The van der Waals surface area contributed by atoms with Crippen LogP contribution in [0.3, 0.4) is 0 Å². The van der Waals surface area contributed by atoms with Gasteiger partial charge in [0.15, 0.2) is 0 Å². The first-order chi connectivity index (χ1) is 16.2. The third-order valence-electron chi connectivity index (χ3n) is 6.39. The summed E-state index contributed by atoms with van der Waals surface area (Å²) in [5.41, 5.74) is 0. The first kappa shape index (κ1) is 32.9. The predicted octanol–water partition coefficient (Wildman–Crippen LogP) is 8.90. The summed E-state index contributed by atoms with van der Waals surface area (Å²) in [4.78, 5) is 23.9. The van der Waals surface area contributed by atoms with Crippen LogP contribution in [0.25, 0.3) is 0 Å². The molecule has 0 aromatic heterocycles. The summed E-state index contributed by atoms with van der Waals surface area (Å²) in [7, 11) is 0. The van der Waals surface area contributed by atoms with Crippen molar-refractivity contribution in [3.8, 4) is 0 Å². The average Bonchev–Trinajstić information content (AvgIpc) is 2.77. The summed E-state index contributed by atoms with van der Waals surface area (Å²) in [6.07, 6.45) is 19.3. The molecule has 0 heterocycles. The molecule has 0 fully saturated rings. The monoisotopic (exact) mass is 482 g/mol. The zero-order valence-corrected chi connectivity index (χ0v) is 23.7. The van der Waals surface area contributed by atoms with Crippen molar-refractivity contribution >= 4 is 11.9 Å². The molecule has 0 aliphatic carbocycles. The molecule has 0 N–H and O–H groups in total. The van der Waals surface area contributed by atoms with Crippen molar-refractivity contribution in [1.29, 1.82) is 0 Å². The van der Waals surface area contributed by atoms with Crippen molar-refractivity contribution < 1.29 is 19.1 Å². The van der Waals surface area contributed by atoms with Gasteiger partial charge in [-0.15, -0.1) is 0 Å². The summed E-state index contributed by atoms with van der Waals surface area (Å²) >= 11 is 0.